The van der Waals surface area contributed by atoms with E-state index in [0.29, 0.717) is 43.4 Å². The summed E-state index contributed by atoms with van der Waals surface area (Å²) in [5, 5.41) is 0. The first-order chi connectivity index (χ1) is 29.3. The third-order valence-electron chi connectivity index (χ3n) is 15.6. The Morgan fingerprint density at radius 2 is 1.57 bits per heavy atom. The van der Waals surface area contributed by atoms with Crippen LogP contribution in [0, 0.1) is 47.1 Å². The number of carbonyl (C=O) groups excluding carboxylic acids is 2. The average Bonchev–Trinajstić information content (AvgIpc) is 3.63. The standard InChI is InChI=1S/C47H68F2N2O10/c1-10-27-12-11-13-37(61-39-17-16-36(50(5)6)24(3)57-39)23(2)43(53)33-21-30-29-19-28(60-47-46(56-9)45(55-8)44(54-7)25(4)58-47)20-32(29)41-42(40(30)31(33)22-38(52)59-27)51(41)26-14-15-34(48)35(49)18-26/h14-15,18,21,23-25,27-32,36-37,39-42,44-47H,10-13,16-17,19-20,22H2,1-9H3/t23-,24?,25?,27+,28+,29+,30+,31-,32-,36+,37+,39+,40-,41+,42-,44+,45?,46+,47+,51?/m1/s1. The first-order valence-electron chi connectivity index (χ1n) is 22.8. The zero-order valence-electron chi connectivity index (χ0n) is 37.4. The van der Waals surface area contributed by atoms with Crippen LogP contribution < -0.4 is 4.90 Å². The number of Topliss-reactive ketones (excluding diaryl/α,β-unsaturated/α-hetero) is 1. The molecule has 8 rings (SSSR count). The molecule has 2 saturated carbocycles. The maximum Gasteiger partial charge on any atom is 0.306 e. The van der Waals surface area contributed by atoms with Crippen molar-refractivity contribution in [2.24, 2.45) is 35.5 Å². The van der Waals surface area contributed by atoms with Crippen molar-refractivity contribution >= 4 is 17.4 Å². The van der Waals surface area contributed by atoms with E-state index in [2.05, 4.69) is 36.9 Å². The Morgan fingerprint density at radius 3 is 2.25 bits per heavy atom. The number of benzene rings is 1. The SMILES string of the molecule is CC[C@H]1CCC[C@H](O[C@H]2CC[C@H](N(C)C)C(C)O2)[C@@H](C)C(=O)C2=C[C@H]3[C@@H]4C[C@H](O[C@@H]5OC(C)[C@H](OC)C(OC)[C@@H]5OC)C[C@H]4[C@H]4[C@@H]([C@H]3[C@@H]2CC(=O)O1)N4c1ccc(F)c(F)c1. The largest absolute Gasteiger partial charge is 0.462 e. The van der Waals surface area contributed by atoms with Gasteiger partial charge in [-0.15, -0.1) is 0 Å². The molecule has 14 heteroatoms. The molecular formula is C47H68F2N2O10. The van der Waals surface area contributed by atoms with E-state index in [-0.39, 0.29) is 96.6 Å². The van der Waals surface area contributed by atoms with Crippen molar-refractivity contribution in [1.82, 2.24) is 4.90 Å². The number of hydrogen-bond donors (Lipinski definition) is 0. The van der Waals surface area contributed by atoms with Crippen molar-refractivity contribution in [2.45, 2.75) is 165 Å². The summed E-state index contributed by atoms with van der Waals surface area (Å²) in [7, 11) is 9.01. The number of allylic oxidation sites excluding steroid dienone is 2. The van der Waals surface area contributed by atoms with Gasteiger partial charge in [0.1, 0.15) is 24.4 Å². The molecule has 3 aliphatic carbocycles. The highest BCUT2D eigenvalue weighted by Crippen LogP contribution is 2.65. The van der Waals surface area contributed by atoms with Crippen molar-refractivity contribution in [3.8, 4) is 0 Å². The third-order valence-corrected chi connectivity index (χ3v) is 15.6. The number of methoxy groups -OCH3 is 3. The number of fused-ring (bicyclic) bond motifs is 8. The Labute approximate surface area is 360 Å². The summed E-state index contributed by atoms with van der Waals surface area (Å²) in [4.78, 5) is 33.5. The average molecular weight is 859 g/mol. The summed E-state index contributed by atoms with van der Waals surface area (Å²) in [5.41, 5.74) is 1.25. The molecule has 0 N–H and O–H groups in total. The molecule has 6 fully saturated rings. The Bertz CT molecular complexity index is 1770. The lowest BCUT2D eigenvalue weighted by molar-refractivity contribution is -0.314. The van der Waals surface area contributed by atoms with Crippen molar-refractivity contribution in [3.05, 3.63) is 41.5 Å². The summed E-state index contributed by atoms with van der Waals surface area (Å²) in [6.07, 6.45) is 4.42. The molecule has 0 aromatic heterocycles. The van der Waals surface area contributed by atoms with E-state index in [9.17, 15) is 13.6 Å². The number of anilines is 1. The summed E-state index contributed by atoms with van der Waals surface area (Å²) in [5.74, 6) is -3.03. The highest BCUT2D eigenvalue weighted by atomic mass is 19.2. The summed E-state index contributed by atoms with van der Waals surface area (Å²) in [6, 6.07) is 4.24. The first kappa shape index (κ1) is 45.0. The molecule has 61 heavy (non-hydrogen) atoms. The van der Waals surface area contributed by atoms with E-state index in [1.807, 2.05) is 20.8 Å². The molecule has 0 spiro atoms. The monoisotopic (exact) mass is 858 g/mol. The second-order valence-corrected chi connectivity index (χ2v) is 19.1. The molecule has 0 bridgehead atoms. The maximum absolute atomic E-state index is 15.1. The van der Waals surface area contributed by atoms with E-state index < -0.39 is 48.3 Å². The van der Waals surface area contributed by atoms with Gasteiger partial charge in [-0.2, -0.15) is 0 Å². The lowest BCUT2D eigenvalue weighted by Crippen LogP contribution is -2.59. The predicted molar refractivity (Wildman–Crippen MR) is 222 cm³/mol. The first-order valence-corrected chi connectivity index (χ1v) is 22.8. The van der Waals surface area contributed by atoms with Crippen molar-refractivity contribution in [2.75, 3.05) is 40.3 Å². The molecule has 1 aromatic rings. The van der Waals surface area contributed by atoms with Crippen LogP contribution in [0.2, 0.25) is 0 Å². The number of likely N-dealkylation sites (N-methyl/N-ethyl adjacent to an activating group) is 1. The highest BCUT2D eigenvalue weighted by molar-refractivity contribution is 5.99. The van der Waals surface area contributed by atoms with Crippen LogP contribution in [-0.4, -0.2) is 132 Å². The zero-order valence-corrected chi connectivity index (χ0v) is 37.4. The Balaban J connectivity index is 1.11. The van der Waals surface area contributed by atoms with E-state index >= 15 is 4.79 Å². The molecular weight excluding hydrogens is 791 g/mol. The Morgan fingerprint density at radius 1 is 0.836 bits per heavy atom. The third kappa shape index (κ3) is 8.58. The maximum atomic E-state index is 15.1. The van der Waals surface area contributed by atoms with Gasteiger partial charge >= 0.3 is 5.97 Å². The van der Waals surface area contributed by atoms with Crippen LogP contribution >= 0.6 is 0 Å². The lowest BCUT2D eigenvalue weighted by atomic mass is 9.66. The van der Waals surface area contributed by atoms with Gasteiger partial charge in [0.05, 0.1) is 42.9 Å². The predicted octanol–water partition coefficient (Wildman–Crippen LogP) is 6.47. The van der Waals surface area contributed by atoms with E-state index in [0.717, 1.165) is 19.3 Å². The van der Waals surface area contributed by atoms with Gasteiger partial charge in [0.2, 0.25) is 0 Å². The van der Waals surface area contributed by atoms with E-state index in [1.165, 1.54) is 12.1 Å². The number of ketones is 1. The Hall–Kier alpha value is -2.56. The zero-order chi connectivity index (χ0) is 43.4. The van der Waals surface area contributed by atoms with Crippen LogP contribution in [0.3, 0.4) is 0 Å². The fourth-order valence-electron chi connectivity index (χ4n) is 12.6. The van der Waals surface area contributed by atoms with Crippen LogP contribution in [0.25, 0.3) is 0 Å². The molecule has 4 aliphatic heterocycles. The van der Waals surface area contributed by atoms with Gasteiger partial charge in [-0.05, 0) is 121 Å². The highest BCUT2D eigenvalue weighted by Gasteiger charge is 2.69. The number of nitrogens with zero attached hydrogens (tertiary/aromatic N) is 2. The van der Waals surface area contributed by atoms with Crippen LogP contribution in [0.4, 0.5) is 14.5 Å². The molecule has 4 saturated heterocycles. The summed E-state index contributed by atoms with van der Waals surface area (Å²) in [6.45, 7) is 8.02. The summed E-state index contributed by atoms with van der Waals surface area (Å²) >= 11 is 0. The van der Waals surface area contributed by atoms with Crippen molar-refractivity contribution in [1.29, 1.82) is 0 Å². The van der Waals surface area contributed by atoms with Gasteiger partial charge in [0.25, 0.3) is 0 Å². The minimum atomic E-state index is -0.910. The fraction of sp³-hybridized carbons (Fsp3) is 0.787. The molecule has 4 heterocycles. The number of halogens is 2. The lowest BCUT2D eigenvalue weighted by Gasteiger charge is -2.44. The van der Waals surface area contributed by atoms with Crippen LogP contribution in [0.5, 0.6) is 0 Å². The van der Waals surface area contributed by atoms with Gasteiger partial charge in [-0.1, -0.05) is 19.9 Å². The molecule has 340 valence electrons. The molecule has 7 aliphatic rings. The summed E-state index contributed by atoms with van der Waals surface area (Å²) < 4.78 is 79.4. The van der Waals surface area contributed by atoms with E-state index in [4.69, 9.17) is 37.9 Å². The topological polar surface area (TPSA) is 114 Å². The van der Waals surface area contributed by atoms with Crippen LogP contribution in [-0.2, 0) is 47.5 Å². The number of hydrogen-bond acceptors (Lipinski definition) is 12. The smallest absolute Gasteiger partial charge is 0.306 e. The second-order valence-electron chi connectivity index (χ2n) is 19.1. The molecule has 3 unspecified atom stereocenters. The molecule has 0 amide bonds. The molecule has 0 radical (unpaired) electrons. The fourth-order valence-corrected chi connectivity index (χ4v) is 12.6. The second kappa shape index (κ2) is 18.5. The molecule has 12 nitrogen and oxygen atoms in total. The van der Waals surface area contributed by atoms with Crippen LogP contribution in [0.15, 0.2) is 29.8 Å². The van der Waals surface area contributed by atoms with Gasteiger partial charge in [0.15, 0.2) is 30.0 Å². The van der Waals surface area contributed by atoms with Gasteiger partial charge in [-0.3, -0.25) is 9.59 Å². The number of esters is 1. The number of carbonyl (C=O) groups is 2. The van der Waals surface area contributed by atoms with Crippen molar-refractivity contribution in [3.63, 3.8) is 0 Å². The number of cyclic esters (lactones) is 1. The quantitative estimate of drug-likeness (QED) is 0.190. The molecule has 1 aromatic carbocycles. The van der Waals surface area contributed by atoms with Gasteiger partial charge in [-0.25, -0.2) is 8.78 Å². The number of ether oxygens (including phenoxy) is 8. The van der Waals surface area contributed by atoms with Gasteiger partial charge < -0.3 is 47.7 Å². The minimum absolute atomic E-state index is 0.00963. The molecule has 19 atom stereocenters. The van der Waals surface area contributed by atoms with Crippen molar-refractivity contribution < 1.29 is 56.3 Å². The normalized spacial score (nSPS) is 44.0. The number of rotatable bonds is 10. The van der Waals surface area contributed by atoms with Gasteiger partial charge in [0, 0.05) is 51.0 Å². The Kier molecular flexibility index (Phi) is 13.7. The van der Waals surface area contributed by atoms with E-state index in [1.54, 1.807) is 27.4 Å². The van der Waals surface area contributed by atoms with Crippen LogP contribution in [0.1, 0.15) is 85.5 Å². The minimum Gasteiger partial charge on any atom is -0.462 e.